The number of aryl methyl sites for hydroxylation is 1. The van der Waals surface area contributed by atoms with Crippen LogP contribution >= 0.6 is 15.9 Å². The zero-order valence-corrected chi connectivity index (χ0v) is 12.9. The molecule has 102 valence electrons. The highest BCUT2D eigenvalue weighted by Crippen LogP contribution is 2.26. The minimum absolute atomic E-state index is 0.824. The second-order valence-corrected chi connectivity index (χ2v) is 5.26. The number of hydrogen-bond donors (Lipinski definition) is 0. The Morgan fingerprint density at radius 2 is 2.10 bits per heavy atom. The SMILES string of the molecule is CCc1cc(-c2ccc3ncc(Br)n3n2)ccc1OC. The molecule has 0 atom stereocenters. The minimum Gasteiger partial charge on any atom is -0.496 e. The fourth-order valence-corrected chi connectivity index (χ4v) is 2.58. The summed E-state index contributed by atoms with van der Waals surface area (Å²) in [5, 5.41) is 4.60. The summed E-state index contributed by atoms with van der Waals surface area (Å²) in [7, 11) is 1.70. The van der Waals surface area contributed by atoms with Gasteiger partial charge in [-0.05, 0) is 58.2 Å². The zero-order chi connectivity index (χ0) is 14.1. The van der Waals surface area contributed by atoms with E-state index in [1.54, 1.807) is 17.8 Å². The Bertz CT molecular complexity index is 767. The van der Waals surface area contributed by atoms with E-state index in [1.807, 2.05) is 24.3 Å². The van der Waals surface area contributed by atoms with Crippen LogP contribution in [-0.2, 0) is 6.42 Å². The summed E-state index contributed by atoms with van der Waals surface area (Å²) in [6.45, 7) is 2.12. The van der Waals surface area contributed by atoms with E-state index in [0.717, 1.165) is 33.7 Å². The van der Waals surface area contributed by atoms with Crippen LogP contribution < -0.4 is 4.74 Å². The lowest BCUT2D eigenvalue weighted by Gasteiger charge is -2.09. The standard InChI is InChI=1S/C15H14BrN3O/c1-3-10-8-11(4-6-13(10)20-2)12-5-7-15-17-9-14(16)19(15)18-12/h4-9H,3H2,1-2H3. The van der Waals surface area contributed by atoms with E-state index in [9.17, 15) is 0 Å². The van der Waals surface area contributed by atoms with Gasteiger partial charge in [-0.25, -0.2) is 9.50 Å². The molecule has 1 aromatic carbocycles. The quantitative estimate of drug-likeness (QED) is 0.734. The van der Waals surface area contributed by atoms with Crippen molar-refractivity contribution < 1.29 is 4.74 Å². The molecule has 0 radical (unpaired) electrons. The van der Waals surface area contributed by atoms with Crippen LogP contribution in [0, 0.1) is 0 Å². The van der Waals surface area contributed by atoms with Crippen LogP contribution in [0.4, 0.5) is 0 Å². The number of nitrogens with zero attached hydrogens (tertiary/aromatic N) is 3. The molecule has 0 aliphatic heterocycles. The number of benzene rings is 1. The van der Waals surface area contributed by atoms with E-state index in [2.05, 4.69) is 39.0 Å². The van der Waals surface area contributed by atoms with Gasteiger partial charge in [-0.1, -0.05) is 6.92 Å². The van der Waals surface area contributed by atoms with E-state index in [-0.39, 0.29) is 0 Å². The van der Waals surface area contributed by atoms with Gasteiger partial charge in [0, 0.05) is 5.56 Å². The third kappa shape index (κ3) is 2.18. The first-order chi connectivity index (χ1) is 9.72. The lowest BCUT2D eigenvalue weighted by Crippen LogP contribution is -1.96. The molecule has 0 spiro atoms. The maximum absolute atomic E-state index is 5.36. The van der Waals surface area contributed by atoms with Crippen molar-refractivity contribution in [3.8, 4) is 17.0 Å². The summed E-state index contributed by atoms with van der Waals surface area (Å²) >= 11 is 3.44. The van der Waals surface area contributed by atoms with Gasteiger partial charge in [-0.3, -0.25) is 0 Å². The van der Waals surface area contributed by atoms with Crippen molar-refractivity contribution in [2.45, 2.75) is 13.3 Å². The summed E-state index contributed by atoms with van der Waals surface area (Å²) in [6, 6.07) is 10.1. The minimum atomic E-state index is 0.824. The largest absolute Gasteiger partial charge is 0.496 e. The van der Waals surface area contributed by atoms with Gasteiger partial charge in [0.2, 0.25) is 0 Å². The van der Waals surface area contributed by atoms with Gasteiger partial charge < -0.3 is 4.74 Å². The number of hydrogen-bond acceptors (Lipinski definition) is 3. The lowest BCUT2D eigenvalue weighted by atomic mass is 10.1. The Labute approximate surface area is 125 Å². The predicted octanol–water partition coefficient (Wildman–Crippen LogP) is 3.73. The molecule has 0 saturated heterocycles. The molecule has 0 amide bonds. The first-order valence-corrected chi connectivity index (χ1v) is 7.20. The lowest BCUT2D eigenvalue weighted by molar-refractivity contribution is 0.410. The van der Waals surface area contributed by atoms with Gasteiger partial charge in [-0.2, -0.15) is 5.10 Å². The van der Waals surface area contributed by atoms with Gasteiger partial charge in [0.05, 0.1) is 19.0 Å². The number of aromatic nitrogens is 3. The van der Waals surface area contributed by atoms with Crippen LogP contribution in [0.25, 0.3) is 16.9 Å². The van der Waals surface area contributed by atoms with Gasteiger partial charge in [0.1, 0.15) is 10.4 Å². The van der Waals surface area contributed by atoms with Gasteiger partial charge >= 0.3 is 0 Å². The molecule has 0 bridgehead atoms. The van der Waals surface area contributed by atoms with E-state index in [1.165, 1.54) is 5.56 Å². The number of ether oxygens (including phenoxy) is 1. The van der Waals surface area contributed by atoms with Crippen molar-refractivity contribution >= 4 is 21.6 Å². The monoisotopic (exact) mass is 331 g/mol. The fourth-order valence-electron chi connectivity index (χ4n) is 2.21. The van der Waals surface area contributed by atoms with Gasteiger partial charge in [0.15, 0.2) is 5.65 Å². The highest BCUT2D eigenvalue weighted by atomic mass is 79.9. The zero-order valence-electron chi connectivity index (χ0n) is 11.3. The van der Waals surface area contributed by atoms with E-state index >= 15 is 0 Å². The van der Waals surface area contributed by atoms with Crippen molar-refractivity contribution in [1.29, 1.82) is 0 Å². The molecule has 0 unspecified atom stereocenters. The molecule has 0 N–H and O–H groups in total. The smallest absolute Gasteiger partial charge is 0.154 e. The second-order valence-electron chi connectivity index (χ2n) is 4.45. The molecule has 0 aliphatic carbocycles. The van der Waals surface area contributed by atoms with Crippen LogP contribution in [0.5, 0.6) is 5.75 Å². The van der Waals surface area contributed by atoms with Crippen molar-refractivity contribution in [2.75, 3.05) is 7.11 Å². The van der Waals surface area contributed by atoms with Crippen LogP contribution in [-0.4, -0.2) is 21.7 Å². The molecule has 3 rings (SSSR count). The Morgan fingerprint density at radius 3 is 2.85 bits per heavy atom. The highest BCUT2D eigenvalue weighted by molar-refractivity contribution is 9.10. The molecular formula is C15H14BrN3O. The average molecular weight is 332 g/mol. The fraction of sp³-hybridized carbons (Fsp3) is 0.200. The number of methoxy groups -OCH3 is 1. The maximum Gasteiger partial charge on any atom is 0.154 e. The van der Waals surface area contributed by atoms with E-state index in [0.29, 0.717) is 0 Å². The van der Waals surface area contributed by atoms with Crippen molar-refractivity contribution in [3.63, 3.8) is 0 Å². The molecule has 3 aromatic rings. The van der Waals surface area contributed by atoms with Crippen LogP contribution in [0.3, 0.4) is 0 Å². The third-order valence-corrected chi connectivity index (χ3v) is 3.82. The van der Waals surface area contributed by atoms with Crippen LogP contribution in [0.2, 0.25) is 0 Å². The van der Waals surface area contributed by atoms with Gasteiger partial charge in [0.25, 0.3) is 0 Å². The molecule has 2 aromatic heterocycles. The third-order valence-electron chi connectivity index (χ3n) is 3.28. The Balaban J connectivity index is 2.12. The summed E-state index contributed by atoms with van der Waals surface area (Å²) in [6.07, 6.45) is 2.67. The number of rotatable bonds is 3. The summed E-state index contributed by atoms with van der Waals surface area (Å²) < 4.78 is 7.99. The van der Waals surface area contributed by atoms with Crippen LogP contribution in [0.15, 0.2) is 41.1 Å². The molecule has 2 heterocycles. The molecule has 20 heavy (non-hydrogen) atoms. The average Bonchev–Trinajstić information content (AvgIpc) is 2.87. The number of imidazole rings is 1. The summed E-state index contributed by atoms with van der Waals surface area (Å²) in [5.41, 5.74) is 3.99. The highest BCUT2D eigenvalue weighted by Gasteiger charge is 2.08. The topological polar surface area (TPSA) is 39.4 Å². The molecule has 0 aliphatic rings. The molecule has 0 saturated carbocycles. The molecule has 4 nitrogen and oxygen atoms in total. The summed E-state index contributed by atoms with van der Waals surface area (Å²) in [4.78, 5) is 4.25. The summed E-state index contributed by atoms with van der Waals surface area (Å²) in [5.74, 6) is 0.918. The Kier molecular flexibility index (Phi) is 3.44. The predicted molar refractivity (Wildman–Crippen MR) is 82.1 cm³/mol. The first-order valence-electron chi connectivity index (χ1n) is 6.40. The second kappa shape index (κ2) is 5.25. The Hall–Kier alpha value is -1.88. The molecular weight excluding hydrogens is 318 g/mol. The van der Waals surface area contributed by atoms with E-state index < -0.39 is 0 Å². The van der Waals surface area contributed by atoms with Gasteiger partial charge in [-0.15, -0.1) is 0 Å². The number of halogens is 1. The van der Waals surface area contributed by atoms with Crippen molar-refractivity contribution in [2.24, 2.45) is 0 Å². The van der Waals surface area contributed by atoms with Crippen molar-refractivity contribution in [1.82, 2.24) is 14.6 Å². The maximum atomic E-state index is 5.36. The molecule has 0 fully saturated rings. The Morgan fingerprint density at radius 1 is 1.25 bits per heavy atom. The first kappa shape index (κ1) is 13.1. The molecule has 5 heteroatoms. The number of fused-ring (bicyclic) bond motifs is 1. The normalized spacial score (nSPS) is 10.9. The van der Waals surface area contributed by atoms with Crippen LogP contribution in [0.1, 0.15) is 12.5 Å². The van der Waals surface area contributed by atoms with E-state index in [4.69, 9.17) is 4.74 Å². The van der Waals surface area contributed by atoms with Crippen molar-refractivity contribution in [3.05, 3.63) is 46.7 Å².